The average Bonchev–Trinajstić information content (AvgIpc) is 2.52. The van der Waals surface area contributed by atoms with Crippen LogP contribution in [-0.2, 0) is 4.79 Å². The summed E-state index contributed by atoms with van der Waals surface area (Å²) in [5, 5.41) is 18.8. The minimum absolute atomic E-state index is 0.241. The van der Waals surface area contributed by atoms with Gasteiger partial charge in [0.15, 0.2) is 0 Å². The minimum atomic E-state index is -0.998. The normalized spacial score (nSPS) is 21.5. The van der Waals surface area contributed by atoms with Crippen LogP contribution >= 0.6 is 0 Å². The Morgan fingerprint density at radius 3 is 2.42 bits per heavy atom. The Bertz CT molecular complexity index is 657. The zero-order valence-electron chi connectivity index (χ0n) is 17.0. The lowest BCUT2D eigenvalue weighted by Gasteiger charge is -2.32. The van der Waals surface area contributed by atoms with Gasteiger partial charge in [0.25, 0.3) is 0 Å². The van der Waals surface area contributed by atoms with Crippen molar-refractivity contribution in [3.63, 3.8) is 0 Å². The molecule has 1 aliphatic rings. The molecule has 0 aliphatic heterocycles. The van der Waals surface area contributed by atoms with E-state index in [0.717, 1.165) is 11.1 Å². The van der Waals surface area contributed by atoms with Crippen molar-refractivity contribution in [1.82, 2.24) is 0 Å². The van der Waals surface area contributed by atoms with Crippen molar-refractivity contribution in [3.05, 3.63) is 58.7 Å². The molecule has 0 amide bonds. The van der Waals surface area contributed by atoms with E-state index in [1.165, 1.54) is 37.3 Å². The molecule has 0 saturated carbocycles. The minimum Gasteiger partial charge on any atom is -0.481 e. The molecule has 1 rings (SSSR count). The van der Waals surface area contributed by atoms with Gasteiger partial charge in [-0.25, -0.2) is 0 Å². The quantitative estimate of drug-likeness (QED) is 0.582. The third kappa shape index (κ3) is 6.80. The van der Waals surface area contributed by atoms with Crippen molar-refractivity contribution in [1.29, 1.82) is 0 Å². The van der Waals surface area contributed by atoms with E-state index in [1.54, 1.807) is 6.08 Å². The highest BCUT2D eigenvalue weighted by Gasteiger charge is 2.26. The predicted molar refractivity (Wildman–Crippen MR) is 109 cm³/mol. The summed E-state index contributed by atoms with van der Waals surface area (Å²) in [6.07, 6.45) is 14.5. The number of aliphatic hydroxyl groups is 1. The smallest absolute Gasteiger partial charge is 0.309 e. The average molecular weight is 359 g/mol. The van der Waals surface area contributed by atoms with Crippen LogP contribution in [0.3, 0.4) is 0 Å². The Hall–Kier alpha value is -1.87. The Balaban J connectivity index is 2.76. The number of carboxylic acid groups (broad SMARTS) is 1. The molecule has 26 heavy (non-hydrogen) atoms. The summed E-state index contributed by atoms with van der Waals surface area (Å²) in [5.74, 6) is -1.81. The van der Waals surface area contributed by atoms with E-state index in [9.17, 15) is 9.90 Å². The topological polar surface area (TPSA) is 57.5 Å². The fourth-order valence-corrected chi connectivity index (χ4v) is 3.25. The third-order valence-corrected chi connectivity index (χ3v) is 5.11. The second-order valence-corrected chi connectivity index (χ2v) is 8.06. The summed E-state index contributed by atoms with van der Waals surface area (Å²) in [7, 11) is 0. The van der Waals surface area contributed by atoms with E-state index in [0.29, 0.717) is 0 Å². The summed E-state index contributed by atoms with van der Waals surface area (Å²) in [4.78, 5) is 10.9. The number of allylic oxidation sites excluding steroid dienone is 9. The van der Waals surface area contributed by atoms with Crippen LogP contribution in [0.1, 0.15) is 60.8 Å². The molecule has 0 aromatic carbocycles. The van der Waals surface area contributed by atoms with E-state index in [-0.39, 0.29) is 5.41 Å². The second kappa shape index (κ2) is 9.72. The van der Waals surface area contributed by atoms with E-state index in [2.05, 4.69) is 39.8 Å². The molecule has 0 spiro atoms. The molecule has 0 radical (unpaired) electrons. The molecule has 3 nitrogen and oxygen atoms in total. The molecule has 0 aromatic heterocycles. The molecule has 2 unspecified atom stereocenters. The van der Waals surface area contributed by atoms with E-state index in [1.807, 2.05) is 25.2 Å². The van der Waals surface area contributed by atoms with Crippen molar-refractivity contribution in [3.8, 4) is 0 Å². The van der Waals surface area contributed by atoms with Gasteiger partial charge in [0.1, 0.15) is 0 Å². The lowest BCUT2D eigenvalue weighted by molar-refractivity contribution is -0.143. The molecule has 0 saturated heterocycles. The van der Waals surface area contributed by atoms with Crippen molar-refractivity contribution in [2.24, 2.45) is 11.3 Å². The number of hydrogen-bond donors (Lipinski definition) is 2. The lowest BCUT2D eigenvalue weighted by Crippen LogP contribution is -2.23. The number of aliphatic carboxylic acids is 1. The number of rotatable bonds is 7. The van der Waals surface area contributed by atoms with Crippen molar-refractivity contribution >= 4 is 5.97 Å². The first-order valence-electron chi connectivity index (χ1n) is 9.37. The van der Waals surface area contributed by atoms with Gasteiger partial charge in [-0.2, -0.15) is 0 Å². The maximum absolute atomic E-state index is 10.9. The fourth-order valence-electron chi connectivity index (χ4n) is 3.25. The van der Waals surface area contributed by atoms with Crippen LogP contribution in [0.2, 0.25) is 0 Å². The molecule has 0 bridgehead atoms. The SMILES string of the molecule is CC(C=CC1=C(C)CCCC1(C)C)=CC=CC(C)=CC(O)C(C)C(=O)O. The number of aliphatic hydroxyl groups excluding tert-OH is 1. The maximum Gasteiger partial charge on any atom is 0.309 e. The Labute approximate surface area is 158 Å². The van der Waals surface area contributed by atoms with E-state index < -0.39 is 18.0 Å². The highest BCUT2D eigenvalue weighted by molar-refractivity contribution is 5.70. The Kier molecular flexibility index (Phi) is 8.29. The van der Waals surface area contributed by atoms with Crippen molar-refractivity contribution < 1.29 is 15.0 Å². The molecule has 3 heteroatoms. The first-order valence-corrected chi connectivity index (χ1v) is 9.37. The lowest BCUT2D eigenvalue weighted by atomic mass is 9.72. The largest absolute Gasteiger partial charge is 0.481 e. The molecule has 2 N–H and O–H groups in total. The van der Waals surface area contributed by atoms with Crippen LogP contribution < -0.4 is 0 Å². The van der Waals surface area contributed by atoms with Gasteiger partial charge in [-0.1, -0.05) is 67.0 Å². The molecule has 144 valence electrons. The molecule has 1 aliphatic carbocycles. The molecular formula is C23H34O3. The number of carbonyl (C=O) groups is 1. The summed E-state index contributed by atoms with van der Waals surface area (Å²) in [6.45, 7) is 12.3. The van der Waals surface area contributed by atoms with Crippen LogP contribution in [-0.4, -0.2) is 22.3 Å². The molecular weight excluding hydrogens is 324 g/mol. The number of hydrogen-bond acceptors (Lipinski definition) is 2. The Morgan fingerprint density at radius 1 is 1.19 bits per heavy atom. The highest BCUT2D eigenvalue weighted by atomic mass is 16.4. The van der Waals surface area contributed by atoms with Crippen LogP contribution in [0.5, 0.6) is 0 Å². The number of carboxylic acids is 1. The van der Waals surface area contributed by atoms with Gasteiger partial charge in [0.2, 0.25) is 0 Å². The van der Waals surface area contributed by atoms with Crippen LogP contribution in [0.4, 0.5) is 0 Å². The molecule has 0 heterocycles. The standard InChI is InChI=1S/C23H34O3/c1-16(12-13-20-18(3)11-8-14-23(20,5)6)9-7-10-17(2)15-21(24)19(4)22(25)26/h7,9-10,12-13,15,19,21,24H,8,11,14H2,1-6H3,(H,25,26). The first-order chi connectivity index (χ1) is 12.0. The summed E-state index contributed by atoms with van der Waals surface area (Å²) < 4.78 is 0. The van der Waals surface area contributed by atoms with Crippen LogP contribution in [0.15, 0.2) is 58.7 Å². The monoisotopic (exact) mass is 358 g/mol. The fraction of sp³-hybridized carbons (Fsp3) is 0.522. The maximum atomic E-state index is 10.9. The van der Waals surface area contributed by atoms with Gasteiger partial charge in [-0.3, -0.25) is 4.79 Å². The first kappa shape index (κ1) is 22.2. The molecule has 2 atom stereocenters. The van der Waals surface area contributed by atoms with Crippen molar-refractivity contribution in [2.75, 3.05) is 0 Å². The highest BCUT2D eigenvalue weighted by Crippen LogP contribution is 2.40. The zero-order valence-corrected chi connectivity index (χ0v) is 17.0. The van der Waals surface area contributed by atoms with Crippen molar-refractivity contribution in [2.45, 2.75) is 66.9 Å². The van der Waals surface area contributed by atoms with Gasteiger partial charge >= 0.3 is 5.97 Å². The zero-order chi connectivity index (χ0) is 19.9. The van der Waals surface area contributed by atoms with Gasteiger partial charge in [-0.15, -0.1) is 0 Å². The van der Waals surface area contributed by atoms with E-state index >= 15 is 0 Å². The summed E-state index contributed by atoms with van der Waals surface area (Å²) >= 11 is 0. The summed E-state index contributed by atoms with van der Waals surface area (Å²) in [5.41, 5.74) is 5.16. The van der Waals surface area contributed by atoms with Gasteiger partial charge in [0, 0.05) is 0 Å². The van der Waals surface area contributed by atoms with Gasteiger partial charge in [0.05, 0.1) is 12.0 Å². The van der Waals surface area contributed by atoms with E-state index in [4.69, 9.17) is 5.11 Å². The van der Waals surface area contributed by atoms with Gasteiger partial charge in [-0.05, 0) is 57.9 Å². The molecule has 0 aromatic rings. The van der Waals surface area contributed by atoms with Gasteiger partial charge < -0.3 is 10.2 Å². The van der Waals surface area contributed by atoms with Crippen LogP contribution in [0, 0.1) is 11.3 Å². The molecule has 0 fully saturated rings. The van der Waals surface area contributed by atoms with Crippen LogP contribution in [0.25, 0.3) is 0 Å². The summed E-state index contributed by atoms with van der Waals surface area (Å²) in [6, 6.07) is 0. The predicted octanol–water partition coefficient (Wildman–Crippen LogP) is 5.60. The Morgan fingerprint density at radius 2 is 1.85 bits per heavy atom. The second-order valence-electron chi connectivity index (χ2n) is 8.06. The third-order valence-electron chi connectivity index (χ3n) is 5.11.